The summed E-state index contributed by atoms with van der Waals surface area (Å²) in [6.07, 6.45) is -1.39. The summed E-state index contributed by atoms with van der Waals surface area (Å²) >= 11 is 5.97. The Morgan fingerprint density at radius 3 is 2.61 bits per heavy atom. The number of rotatable bonds is 6. The molecule has 0 radical (unpaired) electrons. The van der Waals surface area contributed by atoms with Crippen molar-refractivity contribution in [2.24, 2.45) is 0 Å². The molecule has 0 heterocycles. The van der Waals surface area contributed by atoms with Gasteiger partial charge in [-0.2, -0.15) is 0 Å². The van der Waals surface area contributed by atoms with E-state index >= 15 is 0 Å². The van der Waals surface area contributed by atoms with Gasteiger partial charge in [0.25, 0.3) is 0 Å². The summed E-state index contributed by atoms with van der Waals surface area (Å²) in [5.41, 5.74) is 1.39. The zero-order chi connectivity index (χ0) is 16.8. The molecule has 0 saturated heterocycles. The molecule has 0 aliphatic carbocycles. The predicted octanol–water partition coefficient (Wildman–Crippen LogP) is 3.19. The molecule has 1 atom stereocenters. The number of hydroxylamine groups is 2. The fourth-order valence-electron chi connectivity index (χ4n) is 2.05. The van der Waals surface area contributed by atoms with Crippen molar-refractivity contribution < 1.29 is 19.8 Å². The SMILES string of the molecule is CN(O)C(=O)CC(O)c1cc(Cl)ccc1OCc1ccccc1. The van der Waals surface area contributed by atoms with Crippen LogP contribution in [0.25, 0.3) is 0 Å². The predicted molar refractivity (Wildman–Crippen MR) is 86.4 cm³/mol. The van der Waals surface area contributed by atoms with Crippen molar-refractivity contribution in [1.82, 2.24) is 5.06 Å². The maximum atomic E-state index is 11.5. The third kappa shape index (κ3) is 4.96. The van der Waals surface area contributed by atoms with Gasteiger partial charge >= 0.3 is 0 Å². The smallest absolute Gasteiger partial charge is 0.248 e. The van der Waals surface area contributed by atoms with Gasteiger partial charge < -0.3 is 9.84 Å². The van der Waals surface area contributed by atoms with Crippen LogP contribution in [0.4, 0.5) is 0 Å². The lowest BCUT2D eigenvalue weighted by Gasteiger charge is -2.17. The number of amides is 1. The number of aliphatic hydroxyl groups excluding tert-OH is 1. The molecule has 2 aromatic rings. The number of hydrogen-bond donors (Lipinski definition) is 2. The Hall–Kier alpha value is -2.08. The first-order chi connectivity index (χ1) is 11.0. The van der Waals surface area contributed by atoms with Crippen molar-refractivity contribution in [1.29, 1.82) is 0 Å². The van der Waals surface area contributed by atoms with Gasteiger partial charge in [0.15, 0.2) is 0 Å². The average molecular weight is 336 g/mol. The summed E-state index contributed by atoms with van der Waals surface area (Å²) in [5, 5.41) is 20.2. The normalized spacial score (nSPS) is 11.8. The van der Waals surface area contributed by atoms with Crippen LogP contribution in [-0.4, -0.2) is 28.3 Å². The minimum atomic E-state index is -1.12. The zero-order valence-electron chi connectivity index (χ0n) is 12.6. The highest BCUT2D eigenvalue weighted by atomic mass is 35.5. The van der Waals surface area contributed by atoms with Gasteiger partial charge in [0.1, 0.15) is 12.4 Å². The van der Waals surface area contributed by atoms with Gasteiger partial charge in [0.05, 0.1) is 12.5 Å². The lowest BCUT2D eigenvalue weighted by atomic mass is 10.0. The molecule has 2 aromatic carbocycles. The second kappa shape index (κ2) is 7.97. The van der Waals surface area contributed by atoms with Gasteiger partial charge in [-0.3, -0.25) is 10.0 Å². The van der Waals surface area contributed by atoms with Crippen LogP contribution >= 0.6 is 11.6 Å². The van der Waals surface area contributed by atoms with E-state index < -0.39 is 12.0 Å². The van der Waals surface area contributed by atoms with E-state index in [1.807, 2.05) is 30.3 Å². The number of ether oxygens (including phenoxy) is 1. The number of benzene rings is 2. The first-order valence-electron chi connectivity index (χ1n) is 7.07. The number of aliphatic hydroxyl groups is 1. The van der Waals surface area contributed by atoms with Crippen molar-refractivity contribution in [3.63, 3.8) is 0 Å². The Kier molecular flexibility index (Phi) is 5.98. The number of nitrogens with zero attached hydrogens (tertiary/aromatic N) is 1. The van der Waals surface area contributed by atoms with Crippen LogP contribution in [0.1, 0.15) is 23.7 Å². The van der Waals surface area contributed by atoms with Crippen molar-refractivity contribution >= 4 is 17.5 Å². The maximum absolute atomic E-state index is 11.5. The van der Waals surface area contributed by atoms with Crippen LogP contribution in [0, 0.1) is 0 Å². The fourth-order valence-corrected chi connectivity index (χ4v) is 2.23. The number of carbonyl (C=O) groups excluding carboxylic acids is 1. The summed E-state index contributed by atoms with van der Waals surface area (Å²) < 4.78 is 5.74. The van der Waals surface area contributed by atoms with Gasteiger partial charge in [-0.15, -0.1) is 0 Å². The largest absolute Gasteiger partial charge is 0.489 e. The van der Waals surface area contributed by atoms with Gasteiger partial charge in [0, 0.05) is 17.6 Å². The molecule has 0 aliphatic rings. The summed E-state index contributed by atoms with van der Waals surface area (Å²) in [6.45, 7) is 0.329. The van der Waals surface area contributed by atoms with Crippen molar-refractivity contribution in [2.75, 3.05) is 7.05 Å². The van der Waals surface area contributed by atoms with E-state index in [0.29, 0.717) is 28.0 Å². The van der Waals surface area contributed by atoms with Crippen LogP contribution in [-0.2, 0) is 11.4 Å². The minimum absolute atomic E-state index is 0.269. The molecule has 0 aliphatic heterocycles. The Morgan fingerprint density at radius 1 is 1.26 bits per heavy atom. The molecule has 122 valence electrons. The molecule has 1 unspecified atom stereocenters. The highest BCUT2D eigenvalue weighted by Crippen LogP contribution is 2.31. The monoisotopic (exact) mass is 335 g/mol. The molecule has 0 spiro atoms. The van der Waals surface area contributed by atoms with Crippen molar-refractivity contribution in [2.45, 2.75) is 19.1 Å². The van der Waals surface area contributed by atoms with Crippen LogP contribution in [0.5, 0.6) is 5.75 Å². The quantitative estimate of drug-likeness (QED) is 0.628. The van der Waals surface area contributed by atoms with Gasteiger partial charge in [-0.25, -0.2) is 5.06 Å². The van der Waals surface area contributed by atoms with Gasteiger partial charge in [-0.1, -0.05) is 41.9 Å². The zero-order valence-corrected chi connectivity index (χ0v) is 13.4. The molecule has 2 rings (SSSR count). The second-order valence-corrected chi connectivity index (χ2v) is 5.53. The molecular formula is C17H18ClNO4. The molecular weight excluding hydrogens is 318 g/mol. The molecule has 1 amide bonds. The van der Waals surface area contributed by atoms with E-state index in [2.05, 4.69) is 0 Å². The van der Waals surface area contributed by atoms with Crippen LogP contribution < -0.4 is 4.74 Å². The van der Waals surface area contributed by atoms with E-state index in [1.54, 1.807) is 18.2 Å². The summed E-state index contributed by atoms with van der Waals surface area (Å²) in [4.78, 5) is 11.5. The van der Waals surface area contributed by atoms with Gasteiger partial charge in [-0.05, 0) is 23.8 Å². The molecule has 0 bridgehead atoms. The highest BCUT2D eigenvalue weighted by molar-refractivity contribution is 6.30. The Morgan fingerprint density at radius 2 is 1.96 bits per heavy atom. The van der Waals surface area contributed by atoms with Crippen LogP contribution in [0.3, 0.4) is 0 Å². The molecule has 0 aromatic heterocycles. The minimum Gasteiger partial charge on any atom is -0.489 e. The topological polar surface area (TPSA) is 70.0 Å². The van der Waals surface area contributed by atoms with E-state index in [9.17, 15) is 9.90 Å². The molecule has 2 N–H and O–H groups in total. The van der Waals surface area contributed by atoms with Crippen molar-refractivity contribution in [3.05, 3.63) is 64.7 Å². The maximum Gasteiger partial charge on any atom is 0.248 e. The Labute approximate surface area is 139 Å². The Bertz CT molecular complexity index is 661. The first-order valence-corrected chi connectivity index (χ1v) is 7.45. The lowest BCUT2D eigenvalue weighted by Crippen LogP contribution is -2.24. The summed E-state index contributed by atoms with van der Waals surface area (Å²) in [7, 11) is 1.21. The first kappa shape index (κ1) is 17.3. The summed E-state index contributed by atoms with van der Waals surface area (Å²) in [6, 6.07) is 14.4. The molecule has 0 fully saturated rings. The van der Waals surface area contributed by atoms with E-state index in [0.717, 1.165) is 5.56 Å². The number of carbonyl (C=O) groups is 1. The van der Waals surface area contributed by atoms with E-state index in [4.69, 9.17) is 21.5 Å². The second-order valence-electron chi connectivity index (χ2n) is 5.09. The van der Waals surface area contributed by atoms with Crippen LogP contribution in [0.2, 0.25) is 5.02 Å². The van der Waals surface area contributed by atoms with Crippen LogP contribution in [0.15, 0.2) is 48.5 Å². The summed E-state index contributed by atoms with van der Waals surface area (Å²) in [5.74, 6) is -0.161. The molecule has 6 heteroatoms. The van der Waals surface area contributed by atoms with Crippen molar-refractivity contribution in [3.8, 4) is 5.75 Å². The lowest BCUT2D eigenvalue weighted by molar-refractivity contribution is -0.161. The fraction of sp³-hybridized carbons (Fsp3) is 0.235. The number of hydrogen-bond acceptors (Lipinski definition) is 4. The molecule has 23 heavy (non-hydrogen) atoms. The van der Waals surface area contributed by atoms with E-state index in [1.165, 1.54) is 7.05 Å². The Balaban J connectivity index is 2.15. The number of halogens is 1. The molecule has 0 saturated carbocycles. The highest BCUT2D eigenvalue weighted by Gasteiger charge is 2.19. The third-order valence-corrected chi connectivity index (χ3v) is 3.53. The van der Waals surface area contributed by atoms with E-state index in [-0.39, 0.29) is 6.42 Å². The third-order valence-electron chi connectivity index (χ3n) is 3.30. The standard InChI is InChI=1S/C17H18ClNO4/c1-19(22)17(21)10-15(20)14-9-13(18)7-8-16(14)23-11-12-5-3-2-4-6-12/h2-9,15,20,22H,10-11H2,1H3. The molecule has 5 nitrogen and oxygen atoms in total. The van der Waals surface area contributed by atoms with Gasteiger partial charge in [0.2, 0.25) is 5.91 Å². The average Bonchev–Trinajstić information content (AvgIpc) is 2.54.